The number of hydrogen-bond acceptors (Lipinski definition) is 5. The molecule has 1 aliphatic heterocycles. The van der Waals surface area contributed by atoms with Crippen LogP contribution in [0.2, 0.25) is 0 Å². The van der Waals surface area contributed by atoms with E-state index in [9.17, 15) is 9.59 Å². The number of nitrogens with zero attached hydrogens (tertiary/aromatic N) is 2. The number of anilines is 1. The van der Waals surface area contributed by atoms with E-state index in [1.807, 2.05) is 0 Å². The summed E-state index contributed by atoms with van der Waals surface area (Å²) in [6.07, 6.45) is 0. The van der Waals surface area contributed by atoms with Gasteiger partial charge in [0.1, 0.15) is 0 Å². The van der Waals surface area contributed by atoms with Gasteiger partial charge in [-0.05, 0) is 37.3 Å². The molecule has 0 saturated carbocycles. The minimum absolute atomic E-state index is 0.304. The zero-order valence-electron chi connectivity index (χ0n) is 15.9. The number of piperazine rings is 1. The Morgan fingerprint density at radius 1 is 0.852 bits per heavy atom. The van der Waals surface area contributed by atoms with E-state index in [2.05, 4.69) is 36.1 Å². The first-order valence-corrected chi connectivity index (χ1v) is 8.90. The maximum absolute atomic E-state index is 12.6. The van der Waals surface area contributed by atoms with Crippen molar-refractivity contribution in [2.75, 3.05) is 45.3 Å². The molecule has 0 spiro atoms. The van der Waals surface area contributed by atoms with Crippen LogP contribution in [-0.4, -0.2) is 57.0 Å². The van der Waals surface area contributed by atoms with Crippen LogP contribution in [0.25, 0.3) is 0 Å². The van der Waals surface area contributed by atoms with E-state index in [0.29, 0.717) is 43.2 Å². The van der Waals surface area contributed by atoms with Crippen LogP contribution in [0.4, 0.5) is 5.69 Å². The molecular weight excluding hydrogens is 344 g/mol. The first-order chi connectivity index (χ1) is 13.0. The summed E-state index contributed by atoms with van der Waals surface area (Å²) in [6.45, 7) is 4.50. The summed E-state index contributed by atoms with van der Waals surface area (Å²) in [4.78, 5) is 29.1. The second-order valence-electron chi connectivity index (χ2n) is 6.51. The summed E-state index contributed by atoms with van der Waals surface area (Å²) in [6, 6.07) is 13.1. The number of rotatable bonds is 5. The molecule has 142 valence electrons. The van der Waals surface area contributed by atoms with Crippen molar-refractivity contribution in [2.45, 2.75) is 6.92 Å². The van der Waals surface area contributed by atoms with Crippen LogP contribution in [0.3, 0.4) is 0 Å². The lowest BCUT2D eigenvalue weighted by atomic mass is 10.1. The number of ketones is 1. The average molecular weight is 368 g/mol. The van der Waals surface area contributed by atoms with Crippen LogP contribution in [0.1, 0.15) is 15.9 Å². The van der Waals surface area contributed by atoms with Gasteiger partial charge in [-0.25, -0.2) is 0 Å². The molecule has 3 rings (SSSR count). The highest BCUT2D eigenvalue weighted by Crippen LogP contribution is 2.28. The van der Waals surface area contributed by atoms with Crippen molar-refractivity contribution in [3.8, 4) is 11.5 Å². The minimum Gasteiger partial charge on any atom is -0.493 e. The summed E-state index contributed by atoms with van der Waals surface area (Å²) < 4.78 is 10.4. The van der Waals surface area contributed by atoms with E-state index < -0.39 is 11.7 Å². The second-order valence-corrected chi connectivity index (χ2v) is 6.51. The lowest BCUT2D eigenvalue weighted by Crippen LogP contribution is -2.50. The molecule has 0 N–H and O–H groups in total. The quantitative estimate of drug-likeness (QED) is 0.600. The van der Waals surface area contributed by atoms with Gasteiger partial charge in [-0.15, -0.1) is 0 Å². The average Bonchev–Trinajstić information content (AvgIpc) is 2.72. The topological polar surface area (TPSA) is 59.1 Å². The maximum Gasteiger partial charge on any atom is 0.295 e. The molecule has 2 aromatic carbocycles. The molecule has 27 heavy (non-hydrogen) atoms. The fraction of sp³-hybridized carbons (Fsp3) is 0.333. The van der Waals surface area contributed by atoms with Crippen molar-refractivity contribution in [1.82, 2.24) is 4.90 Å². The molecule has 0 aromatic heterocycles. The number of carbonyl (C=O) groups is 2. The molecule has 0 bridgehead atoms. The Kier molecular flexibility index (Phi) is 5.64. The summed E-state index contributed by atoms with van der Waals surface area (Å²) in [5, 5.41) is 0. The van der Waals surface area contributed by atoms with E-state index in [1.54, 1.807) is 23.1 Å². The predicted octanol–water partition coefficient (Wildman–Crippen LogP) is 2.54. The molecule has 1 fully saturated rings. The number of methoxy groups -OCH3 is 2. The maximum atomic E-state index is 12.6. The molecule has 0 radical (unpaired) electrons. The van der Waals surface area contributed by atoms with Gasteiger partial charge in [-0.2, -0.15) is 0 Å². The van der Waals surface area contributed by atoms with E-state index in [4.69, 9.17) is 9.47 Å². The van der Waals surface area contributed by atoms with Crippen LogP contribution >= 0.6 is 0 Å². The third-order valence-corrected chi connectivity index (χ3v) is 4.81. The van der Waals surface area contributed by atoms with Crippen LogP contribution in [0.5, 0.6) is 11.5 Å². The smallest absolute Gasteiger partial charge is 0.295 e. The van der Waals surface area contributed by atoms with Crippen molar-refractivity contribution in [3.05, 3.63) is 53.6 Å². The Bertz CT molecular complexity index is 825. The molecule has 1 amide bonds. The van der Waals surface area contributed by atoms with Crippen molar-refractivity contribution >= 4 is 17.4 Å². The Morgan fingerprint density at radius 2 is 1.48 bits per heavy atom. The number of amides is 1. The molecule has 6 nitrogen and oxygen atoms in total. The molecule has 1 saturated heterocycles. The molecule has 0 aliphatic carbocycles. The number of carbonyl (C=O) groups excluding carboxylic acids is 2. The molecule has 1 aliphatic rings. The van der Waals surface area contributed by atoms with Gasteiger partial charge >= 0.3 is 0 Å². The predicted molar refractivity (Wildman–Crippen MR) is 104 cm³/mol. The Labute approximate surface area is 159 Å². The SMILES string of the molecule is COc1ccc(C(=O)C(=O)N2CCN(c3ccc(C)cc3)CC2)cc1OC. The molecule has 6 heteroatoms. The fourth-order valence-electron chi connectivity index (χ4n) is 3.17. The first kappa shape index (κ1) is 18.8. The normalized spacial score (nSPS) is 14.0. The lowest BCUT2D eigenvalue weighted by molar-refractivity contribution is -0.126. The minimum atomic E-state index is -0.528. The zero-order chi connectivity index (χ0) is 19.4. The number of hydrogen-bond donors (Lipinski definition) is 0. The number of ether oxygens (including phenoxy) is 2. The van der Waals surface area contributed by atoms with Gasteiger partial charge in [0.05, 0.1) is 14.2 Å². The van der Waals surface area contributed by atoms with Gasteiger partial charge in [0.15, 0.2) is 11.5 Å². The standard InChI is InChI=1S/C21H24N2O4/c1-15-4-7-17(8-5-15)22-10-12-23(13-11-22)21(25)20(24)16-6-9-18(26-2)19(14-16)27-3/h4-9,14H,10-13H2,1-3H3. The second kappa shape index (κ2) is 8.12. The molecule has 1 heterocycles. The lowest BCUT2D eigenvalue weighted by Gasteiger charge is -2.35. The highest BCUT2D eigenvalue weighted by molar-refractivity contribution is 6.42. The number of benzene rings is 2. The van der Waals surface area contributed by atoms with E-state index in [-0.39, 0.29) is 0 Å². The van der Waals surface area contributed by atoms with Crippen molar-refractivity contribution in [1.29, 1.82) is 0 Å². The van der Waals surface area contributed by atoms with Gasteiger partial charge in [0.25, 0.3) is 11.7 Å². The van der Waals surface area contributed by atoms with Gasteiger partial charge in [0.2, 0.25) is 0 Å². The Morgan fingerprint density at radius 3 is 2.07 bits per heavy atom. The molecule has 0 unspecified atom stereocenters. The third-order valence-electron chi connectivity index (χ3n) is 4.81. The van der Waals surface area contributed by atoms with Crippen molar-refractivity contribution in [3.63, 3.8) is 0 Å². The molecule has 2 aromatic rings. The fourth-order valence-corrected chi connectivity index (χ4v) is 3.17. The van der Waals surface area contributed by atoms with Crippen molar-refractivity contribution < 1.29 is 19.1 Å². The number of Topliss-reactive ketones (excluding diaryl/α,β-unsaturated/α-hetero) is 1. The monoisotopic (exact) mass is 368 g/mol. The van der Waals surface area contributed by atoms with Crippen LogP contribution < -0.4 is 14.4 Å². The van der Waals surface area contributed by atoms with E-state index >= 15 is 0 Å². The number of aryl methyl sites for hydroxylation is 1. The van der Waals surface area contributed by atoms with E-state index in [0.717, 1.165) is 5.69 Å². The highest BCUT2D eigenvalue weighted by Gasteiger charge is 2.27. The van der Waals surface area contributed by atoms with Crippen LogP contribution in [-0.2, 0) is 4.79 Å². The van der Waals surface area contributed by atoms with Crippen LogP contribution in [0, 0.1) is 6.92 Å². The van der Waals surface area contributed by atoms with Gasteiger partial charge < -0.3 is 19.3 Å². The van der Waals surface area contributed by atoms with E-state index in [1.165, 1.54) is 19.8 Å². The van der Waals surface area contributed by atoms with Crippen molar-refractivity contribution in [2.24, 2.45) is 0 Å². The third kappa shape index (κ3) is 4.05. The zero-order valence-corrected chi connectivity index (χ0v) is 15.9. The highest BCUT2D eigenvalue weighted by atomic mass is 16.5. The summed E-state index contributed by atoms with van der Waals surface area (Å²) >= 11 is 0. The Balaban J connectivity index is 1.65. The van der Waals surface area contributed by atoms with Gasteiger partial charge in [-0.3, -0.25) is 9.59 Å². The largest absolute Gasteiger partial charge is 0.493 e. The van der Waals surface area contributed by atoms with Gasteiger partial charge in [-0.1, -0.05) is 17.7 Å². The first-order valence-electron chi connectivity index (χ1n) is 8.90. The Hall–Kier alpha value is -3.02. The summed E-state index contributed by atoms with van der Waals surface area (Å²) in [5.74, 6) is -0.0564. The van der Waals surface area contributed by atoms with Crippen LogP contribution in [0.15, 0.2) is 42.5 Å². The molecular formula is C21H24N2O4. The van der Waals surface area contributed by atoms with Gasteiger partial charge in [0, 0.05) is 37.4 Å². The molecule has 0 atom stereocenters. The summed E-state index contributed by atoms with van der Waals surface area (Å²) in [7, 11) is 3.02. The summed E-state index contributed by atoms with van der Waals surface area (Å²) in [5.41, 5.74) is 2.66.